The molecule has 0 spiro atoms. The molecule has 1 unspecified atom stereocenters. The molecule has 23 heavy (non-hydrogen) atoms. The van der Waals surface area contributed by atoms with E-state index in [1.807, 2.05) is 18.2 Å². The van der Waals surface area contributed by atoms with Crippen LogP contribution in [0.2, 0.25) is 0 Å². The highest BCUT2D eigenvalue weighted by atomic mass is 32.2. The van der Waals surface area contributed by atoms with E-state index in [0.717, 1.165) is 29.7 Å². The van der Waals surface area contributed by atoms with Crippen LogP contribution >= 0.6 is 0 Å². The van der Waals surface area contributed by atoms with Crippen LogP contribution in [0, 0.1) is 0 Å². The molecule has 1 atom stereocenters. The van der Waals surface area contributed by atoms with E-state index in [2.05, 4.69) is 11.6 Å². The number of sulfonamides is 1. The molecular formula is C17H25NO4S. The molecule has 2 aliphatic rings. The summed E-state index contributed by atoms with van der Waals surface area (Å²) in [6.07, 6.45) is 3.80. The van der Waals surface area contributed by atoms with Gasteiger partial charge in [0.15, 0.2) is 0 Å². The highest BCUT2D eigenvalue weighted by Gasteiger charge is 2.50. The van der Waals surface area contributed by atoms with E-state index in [1.54, 1.807) is 7.11 Å². The molecule has 1 saturated carbocycles. The van der Waals surface area contributed by atoms with Gasteiger partial charge >= 0.3 is 0 Å². The van der Waals surface area contributed by atoms with Crippen LogP contribution in [0.1, 0.15) is 49.8 Å². The van der Waals surface area contributed by atoms with Crippen molar-refractivity contribution in [2.45, 2.75) is 49.8 Å². The summed E-state index contributed by atoms with van der Waals surface area (Å²) >= 11 is 0. The summed E-state index contributed by atoms with van der Waals surface area (Å²) in [4.78, 5) is 0. The van der Waals surface area contributed by atoms with E-state index in [0.29, 0.717) is 25.9 Å². The first-order chi connectivity index (χ1) is 11.0. The summed E-state index contributed by atoms with van der Waals surface area (Å²) < 4.78 is 39.0. The summed E-state index contributed by atoms with van der Waals surface area (Å²) in [5.41, 5.74) is 2.08. The lowest BCUT2D eigenvalue weighted by molar-refractivity contribution is 0.125. The number of para-hydroxylation sites is 1. The monoisotopic (exact) mass is 339 g/mol. The largest absolute Gasteiger partial charge is 0.493 e. The van der Waals surface area contributed by atoms with E-state index in [-0.39, 0.29) is 12.6 Å². The van der Waals surface area contributed by atoms with Gasteiger partial charge in [-0.25, -0.2) is 13.1 Å². The van der Waals surface area contributed by atoms with Crippen LogP contribution in [0.4, 0.5) is 0 Å². The van der Waals surface area contributed by atoms with Crippen molar-refractivity contribution in [3.8, 4) is 5.75 Å². The molecule has 1 heterocycles. The van der Waals surface area contributed by atoms with Crippen molar-refractivity contribution in [1.82, 2.24) is 4.72 Å². The van der Waals surface area contributed by atoms with Gasteiger partial charge in [0.05, 0.1) is 19.3 Å². The number of nitrogens with one attached hydrogen (secondary N) is 1. The fourth-order valence-corrected chi connectivity index (χ4v) is 5.50. The number of hydrogen-bond acceptors (Lipinski definition) is 4. The topological polar surface area (TPSA) is 64.6 Å². The SMILES string of the molecule is CCc1cccc2c1OCCC2NS(=O)(=O)C1(COC)CCC1. The fraction of sp³-hybridized carbons (Fsp3) is 0.647. The van der Waals surface area contributed by atoms with Gasteiger partial charge in [-0.05, 0) is 24.8 Å². The molecule has 0 aromatic heterocycles. The maximum Gasteiger partial charge on any atom is 0.220 e. The third kappa shape index (κ3) is 2.88. The Kier molecular flexibility index (Phi) is 4.67. The third-order valence-electron chi connectivity index (χ3n) is 5.08. The Morgan fingerprint density at radius 3 is 2.78 bits per heavy atom. The van der Waals surface area contributed by atoms with Crippen molar-refractivity contribution in [3.63, 3.8) is 0 Å². The van der Waals surface area contributed by atoms with Crippen molar-refractivity contribution in [2.24, 2.45) is 0 Å². The summed E-state index contributed by atoms with van der Waals surface area (Å²) in [5, 5.41) is 0. The summed E-state index contributed by atoms with van der Waals surface area (Å²) in [6.45, 7) is 2.87. The summed E-state index contributed by atoms with van der Waals surface area (Å²) in [6, 6.07) is 5.75. The van der Waals surface area contributed by atoms with Crippen LogP contribution in [0.15, 0.2) is 18.2 Å². The molecule has 1 aromatic carbocycles. The minimum atomic E-state index is -3.44. The minimum absolute atomic E-state index is 0.218. The maximum absolute atomic E-state index is 12.9. The second-order valence-corrected chi connectivity index (χ2v) is 8.58. The molecule has 0 saturated heterocycles. The number of benzene rings is 1. The molecule has 1 aromatic rings. The molecule has 6 heteroatoms. The molecule has 5 nitrogen and oxygen atoms in total. The van der Waals surface area contributed by atoms with Gasteiger partial charge in [0.2, 0.25) is 10.0 Å². The zero-order chi connectivity index (χ0) is 16.5. The molecule has 1 aliphatic carbocycles. The lowest BCUT2D eigenvalue weighted by Crippen LogP contribution is -2.55. The Balaban J connectivity index is 1.87. The lowest BCUT2D eigenvalue weighted by atomic mass is 9.85. The average Bonchev–Trinajstić information content (AvgIpc) is 2.50. The lowest BCUT2D eigenvalue weighted by Gasteiger charge is -2.41. The van der Waals surface area contributed by atoms with Crippen molar-refractivity contribution in [3.05, 3.63) is 29.3 Å². The first-order valence-corrected chi connectivity index (χ1v) is 9.77. The van der Waals surface area contributed by atoms with E-state index in [1.165, 1.54) is 0 Å². The minimum Gasteiger partial charge on any atom is -0.493 e. The molecule has 1 aliphatic heterocycles. The molecule has 0 bridgehead atoms. The van der Waals surface area contributed by atoms with E-state index < -0.39 is 14.8 Å². The first-order valence-electron chi connectivity index (χ1n) is 8.28. The van der Waals surface area contributed by atoms with Gasteiger partial charge in [-0.2, -0.15) is 0 Å². The van der Waals surface area contributed by atoms with E-state index in [9.17, 15) is 8.42 Å². The molecule has 3 rings (SSSR count). The molecule has 128 valence electrons. The van der Waals surface area contributed by atoms with Gasteiger partial charge in [0.1, 0.15) is 10.5 Å². The Labute approximate surface area is 138 Å². The number of rotatable bonds is 6. The molecular weight excluding hydrogens is 314 g/mol. The van der Waals surface area contributed by atoms with Gasteiger partial charge in [-0.3, -0.25) is 0 Å². The van der Waals surface area contributed by atoms with Gasteiger partial charge in [0.25, 0.3) is 0 Å². The zero-order valence-electron chi connectivity index (χ0n) is 13.8. The van der Waals surface area contributed by atoms with Crippen molar-refractivity contribution < 1.29 is 17.9 Å². The molecule has 1 N–H and O–H groups in total. The van der Waals surface area contributed by atoms with Gasteiger partial charge in [-0.1, -0.05) is 31.5 Å². The Morgan fingerprint density at radius 1 is 1.39 bits per heavy atom. The van der Waals surface area contributed by atoms with E-state index in [4.69, 9.17) is 9.47 Å². The Hall–Kier alpha value is -1.11. The van der Waals surface area contributed by atoms with Crippen LogP contribution in [-0.2, 0) is 21.2 Å². The number of fused-ring (bicyclic) bond motifs is 1. The van der Waals surface area contributed by atoms with Crippen molar-refractivity contribution in [2.75, 3.05) is 20.3 Å². The highest BCUT2D eigenvalue weighted by Crippen LogP contribution is 2.42. The second kappa shape index (κ2) is 6.42. The van der Waals surface area contributed by atoms with Crippen LogP contribution in [-0.4, -0.2) is 33.5 Å². The third-order valence-corrected chi connectivity index (χ3v) is 7.34. The van der Waals surface area contributed by atoms with Crippen LogP contribution < -0.4 is 9.46 Å². The van der Waals surface area contributed by atoms with Crippen molar-refractivity contribution >= 4 is 10.0 Å². The fourth-order valence-electron chi connectivity index (χ4n) is 3.53. The van der Waals surface area contributed by atoms with Crippen molar-refractivity contribution in [1.29, 1.82) is 0 Å². The van der Waals surface area contributed by atoms with Crippen LogP contribution in [0.25, 0.3) is 0 Å². The molecule has 1 fully saturated rings. The Morgan fingerprint density at radius 2 is 2.17 bits per heavy atom. The maximum atomic E-state index is 12.9. The Bertz CT molecular complexity index is 667. The molecule has 0 amide bonds. The predicted molar refractivity (Wildman–Crippen MR) is 89.2 cm³/mol. The molecule has 0 radical (unpaired) electrons. The van der Waals surface area contributed by atoms with Gasteiger partial charge in [0, 0.05) is 19.1 Å². The summed E-state index contributed by atoms with van der Waals surface area (Å²) in [5.74, 6) is 0.850. The highest BCUT2D eigenvalue weighted by molar-refractivity contribution is 7.91. The summed E-state index contributed by atoms with van der Waals surface area (Å²) in [7, 11) is -1.88. The number of ether oxygens (including phenoxy) is 2. The van der Waals surface area contributed by atoms with Gasteiger partial charge in [-0.15, -0.1) is 0 Å². The number of methoxy groups -OCH3 is 1. The van der Waals surface area contributed by atoms with E-state index >= 15 is 0 Å². The number of hydrogen-bond donors (Lipinski definition) is 1. The predicted octanol–water partition coefficient (Wildman–Crippen LogP) is 2.56. The normalized spacial score (nSPS) is 22.8. The van der Waals surface area contributed by atoms with Crippen LogP contribution in [0.3, 0.4) is 0 Å². The van der Waals surface area contributed by atoms with Crippen LogP contribution in [0.5, 0.6) is 5.75 Å². The first kappa shape index (κ1) is 16.7. The van der Waals surface area contributed by atoms with Gasteiger partial charge < -0.3 is 9.47 Å². The smallest absolute Gasteiger partial charge is 0.220 e. The average molecular weight is 339 g/mol. The quantitative estimate of drug-likeness (QED) is 0.865. The second-order valence-electron chi connectivity index (χ2n) is 6.47. The zero-order valence-corrected chi connectivity index (χ0v) is 14.6. The number of aryl methyl sites for hydroxylation is 1. The standard InChI is InChI=1S/C17H25NO4S/c1-3-13-6-4-7-14-15(8-11-22-16(13)14)18-23(19,20)17(12-21-2)9-5-10-17/h4,6-7,15,18H,3,5,8-12H2,1-2H3.